The second-order valence-corrected chi connectivity index (χ2v) is 7.73. The molecule has 9 heteroatoms. The largest absolute Gasteiger partial charge is 0.493 e. The van der Waals surface area contributed by atoms with E-state index in [1.165, 1.54) is 35.9 Å². The van der Waals surface area contributed by atoms with Gasteiger partial charge in [0.2, 0.25) is 0 Å². The SMILES string of the molecule is CN=C1S/C(=C\c2cc(Cl)c(OCc3cccc(C(=O)O)c3)c(OC)c2)C(=O)N1C. The van der Waals surface area contributed by atoms with Gasteiger partial charge in [0.25, 0.3) is 5.91 Å². The first-order valence-electron chi connectivity index (χ1n) is 8.81. The van der Waals surface area contributed by atoms with Crippen molar-refractivity contribution in [1.29, 1.82) is 0 Å². The van der Waals surface area contributed by atoms with E-state index in [4.69, 9.17) is 26.2 Å². The molecule has 1 heterocycles. The first kappa shape index (κ1) is 21.7. The van der Waals surface area contributed by atoms with Gasteiger partial charge in [-0.2, -0.15) is 0 Å². The number of methoxy groups -OCH3 is 1. The van der Waals surface area contributed by atoms with Gasteiger partial charge in [-0.25, -0.2) is 4.79 Å². The van der Waals surface area contributed by atoms with Gasteiger partial charge in [0, 0.05) is 14.1 Å². The summed E-state index contributed by atoms with van der Waals surface area (Å²) >= 11 is 7.69. The summed E-state index contributed by atoms with van der Waals surface area (Å²) < 4.78 is 11.2. The van der Waals surface area contributed by atoms with Gasteiger partial charge in [-0.3, -0.25) is 14.7 Å². The average Bonchev–Trinajstić information content (AvgIpc) is 3.00. The molecule has 1 saturated heterocycles. The molecular formula is C21H19ClN2O5S. The highest BCUT2D eigenvalue weighted by molar-refractivity contribution is 8.18. The summed E-state index contributed by atoms with van der Waals surface area (Å²) in [4.78, 5) is 29.6. The van der Waals surface area contributed by atoms with E-state index in [1.54, 1.807) is 44.4 Å². The van der Waals surface area contributed by atoms with Gasteiger partial charge >= 0.3 is 5.97 Å². The van der Waals surface area contributed by atoms with Gasteiger partial charge in [-0.1, -0.05) is 23.7 Å². The second-order valence-electron chi connectivity index (χ2n) is 6.31. The Balaban J connectivity index is 1.84. The van der Waals surface area contributed by atoms with E-state index in [1.807, 2.05) is 0 Å². The highest BCUT2D eigenvalue weighted by Crippen LogP contribution is 2.39. The number of aliphatic imine (C=N–C) groups is 1. The van der Waals surface area contributed by atoms with E-state index in [2.05, 4.69) is 4.99 Å². The van der Waals surface area contributed by atoms with Crippen LogP contribution in [-0.2, 0) is 11.4 Å². The molecule has 7 nitrogen and oxygen atoms in total. The minimum atomic E-state index is -1.01. The number of ether oxygens (including phenoxy) is 2. The van der Waals surface area contributed by atoms with Crippen molar-refractivity contribution in [3.8, 4) is 11.5 Å². The number of aromatic carboxylic acids is 1. The van der Waals surface area contributed by atoms with Crippen LogP contribution < -0.4 is 9.47 Å². The Kier molecular flexibility index (Phi) is 6.69. The monoisotopic (exact) mass is 446 g/mol. The molecule has 1 aliphatic rings. The Bertz CT molecular complexity index is 1070. The van der Waals surface area contributed by atoms with Crippen LogP contribution in [0.15, 0.2) is 46.3 Å². The van der Waals surface area contributed by atoms with Crippen molar-refractivity contribution in [2.24, 2.45) is 4.99 Å². The Morgan fingerprint density at radius 1 is 1.33 bits per heavy atom. The summed E-state index contributed by atoms with van der Waals surface area (Å²) in [6.07, 6.45) is 1.72. The summed E-state index contributed by atoms with van der Waals surface area (Å²) in [7, 11) is 4.79. The van der Waals surface area contributed by atoms with E-state index in [0.29, 0.717) is 37.7 Å². The molecule has 0 bridgehead atoms. The summed E-state index contributed by atoms with van der Waals surface area (Å²) in [5.41, 5.74) is 1.54. The fraction of sp³-hybridized carbons (Fsp3) is 0.190. The third kappa shape index (κ3) is 4.60. The zero-order valence-corrected chi connectivity index (χ0v) is 18.1. The molecule has 30 heavy (non-hydrogen) atoms. The summed E-state index contributed by atoms with van der Waals surface area (Å²) in [5, 5.41) is 10.0. The lowest BCUT2D eigenvalue weighted by atomic mass is 10.1. The number of thioether (sulfide) groups is 1. The molecule has 156 valence electrons. The Labute approximate surface area is 183 Å². The Hall–Kier alpha value is -2.97. The number of hydrogen-bond donors (Lipinski definition) is 1. The van der Waals surface area contributed by atoms with Crippen molar-refractivity contribution < 1.29 is 24.2 Å². The predicted molar refractivity (Wildman–Crippen MR) is 117 cm³/mol. The van der Waals surface area contributed by atoms with Gasteiger partial charge in [-0.15, -0.1) is 0 Å². The summed E-state index contributed by atoms with van der Waals surface area (Å²) in [5.74, 6) is -0.419. The van der Waals surface area contributed by atoms with Crippen molar-refractivity contribution in [2.45, 2.75) is 6.61 Å². The molecule has 1 aliphatic heterocycles. The number of rotatable bonds is 6. The number of benzene rings is 2. The lowest BCUT2D eigenvalue weighted by Crippen LogP contribution is -2.23. The second kappa shape index (κ2) is 9.23. The topological polar surface area (TPSA) is 88.4 Å². The zero-order valence-electron chi connectivity index (χ0n) is 16.5. The minimum Gasteiger partial charge on any atom is -0.493 e. The normalized spacial score (nSPS) is 16.4. The molecule has 1 fully saturated rings. The molecule has 0 aromatic heterocycles. The number of amidine groups is 1. The molecule has 2 aromatic rings. The molecule has 0 spiro atoms. The number of carbonyl (C=O) groups excluding carboxylic acids is 1. The number of carbonyl (C=O) groups is 2. The molecule has 3 rings (SSSR count). The lowest BCUT2D eigenvalue weighted by molar-refractivity contribution is -0.121. The third-order valence-corrected chi connectivity index (χ3v) is 5.73. The van der Waals surface area contributed by atoms with E-state index in [0.717, 1.165) is 0 Å². The first-order valence-corrected chi connectivity index (χ1v) is 10.0. The standard InChI is InChI=1S/C21H19ClN2O5S/c1-23-21-24(2)19(25)17(30-21)10-13-8-15(22)18(16(9-13)28-3)29-11-12-5-4-6-14(7-12)20(26)27/h4-10H,11H2,1-3H3,(H,26,27)/b17-10-,23-21?. The third-order valence-electron chi connectivity index (χ3n) is 4.30. The molecule has 0 saturated carbocycles. The van der Waals surface area contributed by atoms with Gasteiger partial charge in [-0.05, 0) is 53.2 Å². The number of likely N-dealkylation sites (N-methyl/N-ethyl adjacent to an activating group) is 1. The number of amides is 1. The van der Waals surface area contributed by atoms with Gasteiger partial charge in [0.05, 0.1) is 22.6 Å². The fourth-order valence-corrected chi connectivity index (χ4v) is 4.01. The molecular weight excluding hydrogens is 428 g/mol. The van der Waals surface area contributed by atoms with Crippen LogP contribution in [0, 0.1) is 0 Å². The molecule has 2 aromatic carbocycles. The molecule has 0 radical (unpaired) electrons. The van der Waals surface area contributed by atoms with Crippen molar-refractivity contribution in [3.63, 3.8) is 0 Å². The molecule has 0 atom stereocenters. The average molecular weight is 447 g/mol. The number of carboxylic acids is 1. The molecule has 1 N–H and O–H groups in total. The minimum absolute atomic E-state index is 0.118. The van der Waals surface area contributed by atoms with Crippen LogP contribution in [0.2, 0.25) is 5.02 Å². The van der Waals surface area contributed by atoms with Crippen LogP contribution in [-0.4, -0.2) is 48.3 Å². The molecule has 1 amide bonds. The van der Waals surface area contributed by atoms with E-state index < -0.39 is 5.97 Å². The number of halogens is 1. The lowest BCUT2D eigenvalue weighted by Gasteiger charge is -2.14. The Morgan fingerprint density at radius 2 is 2.10 bits per heavy atom. The predicted octanol–water partition coefficient (Wildman–Crippen LogP) is 4.16. The quantitative estimate of drug-likeness (QED) is 0.670. The summed E-state index contributed by atoms with van der Waals surface area (Å²) in [6, 6.07) is 9.85. The summed E-state index contributed by atoms with van der Waals surface area (Å²) in [6.45, 7) is 0.118. The van der Waals surface area contributed by atoms with Gasteiger partial charge in [0.1, 0.15) is 6.61 Å². The van der Waals surface area contributed by atoms with Crippen molar-refractivity contribution in [2.75, 3.05) is 21.2 Å². The van der Waals surface area contributed by atoms with Crippen molar-refractivity contribution in [3.05, 3.63) is 63.0 Å². The first-order chi connectivity index (χ1) is 14.3. The van der Waals surface area contributed by atoms with Gasteiger partial charge in [0.15, 0.2) is 16.7 Å². The van der Waals surface area contributed by atoms with Crippen molar-refractivity contribution in [1.82, 2.24) is 4.90 Å². The van der Waals surface area contributed by atoms with Gasteiger partial charge < -0.3 is 14.6 Å². The highest BCUT2D eigenvalue weighted by Gasteiger charge is 2.29. The maximum Gasteiger partial charge on any atom is 0.335 e. The van der Waals surface area contributed by atoms with Crippen LogP contribution in [0.3, 0.4) is 0 Å². The number of carboxylic acid groups (broad SMARTS) is 1. The van der Waals surface area contributed by atoms with E-state index >= 15 is 0 Å². The Morgan fingerprint density at radius 3 is 2.73 bits per heavy atom. The van der Waals surface area contributed by atoms with Crippen molar-refractivity contribution >= 4 is 46.5 Å². The van der Waals surface area contributed by atoms with Crippen LogP contribution in [0.1, 0.15) is 21.5 Å². The van der Waals surface area contributed by atoms with E-state index in [9.17, 15) is 9.59 Å². The fourth-order valence-electron chi connectivity index (χ4n) is 2.81. The number of hydrogen-bond acceptors (Lipinski definition) is 6. The van der Waals surface area contributed by atoms with E-state index in [-0.39, 0.29) is 18.1 Å². The maximum atomic E-state index is 12.3. The highest BCUT2D eigenvalue weighted by atomic mass is 35.5. The number of nitrogens with zero attached hydrogens (tertiary/aromatic N) is 2. The van der Waals surface area contributed by atoms with Crippen LogP contribution >= 0.6 is 23.4 Å². The van der Waals surface area contributed by atoms with Crippen LogP contribution in [0.5, 0.6) is 11.5 Å². The smallest absolute Gasteiger partial charge is 0.335 e. The maximum absolute atomic E-state index is 12.3. The molecule has 0 aliphatic carbocycles. The van der Waals surface area contributed by atoms with Crippen LogP contribution in [0.25, 0.3) is 6.08 Å². The molecule has 0 unspecified atom stereocenters. The van der Waals surface area contributed by atoms with Crippen LogP contribution in [0.4, 0.5) is 0 Å². The zero-order chi connectivity index (χ0) is 21.8.